The molecule has 110 valence electrons. The number of hydrogen-bond acceptors (Lipinski definition) is 3. The first-order valence-corrected chi connectivity index (χ1v) is 7.46. The molecule has 3 rings (SSSR count). The molecule has 4 heteroatoms. The molecule has 0 amide bonds. The fourth-order valence-corrected chi connectivity index (χ4v) is 2.89. The summed E-state index contributed by atoms with van der Waals surface area (Å²) in [6.45, 7) is 2.70. The number of aromatic nitrogens is 2. The van der Waals surface area contributed by atoms with Crippen molar-refractivity contribution < 1.29 is 9.53 Å². The fraction of sp³-hybridized carbons (Fsp3) is 0.412. The highest BCUT2D eigenvalue weighted by atomic mass is 16.5. The van der Waals surface area contributed by atoms with Crippen LogP contribution in [-0.4, -0.2) is 22.4 Å². The number of fused-ring (bicyclic) bond motifs is 1. The Balaban J connectivity index is 1.68. The fourth-order valence-electron chi connectivity index (χ4n) is 2.89. The maximum absolute atomic E-state index is 11.1. The predicted octanol–water partition coefficient (Wildman–Crippen LogP) is 3.14. The van der Waals surface area contributed by atoms with Gasteiger partial charge in [0.1, 0.15) is 18.6 Å². The van der Waals surface area contributed by atoms with Crippen molar-refractivity contribution in [1.82, 2.24) is 9.55 Å². The zero-order chi connectivity index (χ0) is 14.7. The summed E-state index contributed by atoms with van der Waals surface area (Å²) >= 11 is 0. The maximum Gasteiger partial charge on any atom is 0.127 e. The van der Waals surface area contributed by atoms with E-state index in [1.807, 2.05) is 22.9 Å². The first-order valence-electron chi connectivity index (χ1n) is 7.46. The van der Waals surface area contributed by atoms with E-state index in [9.17, 15) is 4.79 Å². The van der Waals surface area contributed by atoms with Crippen LogP contribution in [0.2, 0.25) is 0 Å². The van der Waals surface area contributed by atoms with Gasteiger partial charge in [0.2, 0.25) is 0 Å². The van der Waals surface area contributed by atoms with Gasteiger partial charge in [-0.05, 0) is 49.4 Å². The van der Waals surface area contributed by atoms with Gasteiger partial charge in [-0.25, -0.2) is 4.98 Å². The quantitative estimate of drug-likeness (QED) is 0.792. The molecule has 2 aromatic rings. The number of rotatable bonds is 5. The van der Waals surface area contributed by atoms with Crippen molar-refractivity contribution in [2.75, 3.05) is 6.61 Å². The SMILES string of the molecule is CC(COc1ccc2c(c1)CCCC2C=O)n1ccnc1. The van der Waals surface area contributed by atoms with E-state index in [0.717, 1.165) is 31.3 Å². The summed E-state index contributed by atoms with van der Waals surface area (Å²) in [4.78, 5) is 15.2. The van der Waals surface area contributed by atoms with Crippen LogP contribution < -0.4 is 4.74 Å². The summed E-state index contributed by atoms with van der Waals surface area (Å²) < 4.78 is 7.92. The minimum absolute atomic E-state index is 0.0627. The number of aldehydes is 1. The number of benzene rings is 1. The lowest BCUT2D eigenvalue weighted by Crippen LogP contribution is -2.14. The molecule has 2 unspecified atom stereocenters. The second-order valence-electron chi connectivity index (χ2n) is 5.67. The molecule has 0 fully saturated rings. The molecule has 0 spiro atoms. The second-order valence-corrected chi connectivity index (χ2v) is 5.67. The molecule has 1 heterocycles. The number of carbonyl (C=O) groups is 1. The lowest BCUT2D eigenvalue weighted by Gasteiger charge is -2.22. The monoisotopic (exact) mass is 284 g/mol. The standard InChI is InChI=1S/C17H20N2O2/c1-13(19-8-7-18-12-19)11-21-16-5-6-17-14(9-16)3-2-4-15(17)10-20/h5-10,12-13,15H,2-4,11H2,1H3. The number of imidazole rings is 1. The van der Waals surface area contributed by atoms with Crippen LogP contribution in [0.1, 0.15) is 42.9 Å². The van der Waals surface area contributed by atoms with Crippen molar-refractivity contribution in [2.45, 2.75) is 38.1 Å². The first-order chi connectivity index (χ1) is 10.3. The molecule has 0 radical (unpaired) electrons. The van der Waals surface area contributed by atoms with Gasteiger partial charge in [-0.15, -0.1) is 0 Å². The number of aryl methyl sites for hydroxylation is 1. The van der Waals surface area contributed by atoms with Crippen LogP contribution >= 0.6 is 0 Å². The van der Waals surface area contributed by atoms with E-state index >= 15 is 0 Å². The minimum Gasteiger partial charge on any atom is -0.491 e. The van der Waals surface area contributed by atoms with Gasteiger partial charge < -0.3 is 14.1 Å². The highest BCUT2D eigenvalue weighted by Gasteiger charge is 2.20. The maximum atomic E-state index is 11.1. The van der Waals surface area contributed by atoms with Crippen LogP contribution in [0.15, 0.2) is 36.9 Å². The van der Waals surface area contributed by atoms with E-state index in [2.05, 4.69) is 18.0 Å². The van der Waals surface area contributed by atoms with Crippen LogP contribution in [0, 0.1) is 0 Å². The van der Waals surface area contributed by atoms with Crippen molar-refractivity contribution in [1.29, 1.82) is 0 Å². The van der Waals surface area contributed by atoms with Crippen molar-refractivity contribution in [2.24, 2.45) is 0 Å². The van der Waals surface area contributed by atoms with Gasteiger partial charge in [0.25, 0.3) is 0 Å². The van der Waals surface area contributed by atoms with E-state index in [-0.39, 0.29) is 12.0 Å². The normalized spacial score (nSPS) is 18.8. The summed E-state index contributed by atoms with van der Waals surface area (Å²) in [5.41, 5.74) is 2.43. The molecule has 1 aliphatic rings. The smallest absolute Gasteiger partial charge is 0.127 e. The van der Waals surface area contributed by atoms with Gasteiger partial charge in [-0.1, -0.05) is 6.07 Å². The largest absolute Gasteiger partial charge is 0.491 e. The Morgan fingerprint density at radius 2 is 2.43 bits per heavy atom. The van der Waals surface area contributed by atoms with Gasteiger partial charge in [-0.3, -0.25) is 0 Å². The lowest BCUT2D eigenvalue weighted by atomic mass is 9.83. The molecule has 0 saturated heterocycles. The molecule has 0 N–H and O–H groups in total. The van der Waals surface area contributed by atoms with Gasteiger partial charge >= 0.3 is 0 Å². The Hall–Kier alpha value is -2.10. The average Bonchev–Trinajstić information content (AvgIpc) is 3.06. The van der Waals surface area contributed by atoms with Gasteiger partial charge in [0.05, 0.1) is 12.4 Å². The molecule has 1 aliphatic carbocycles. The topological polar surface area (TPSA) is 44.1 Å². The molecular formula is C17H20N2O2. The van der Waals surface area contributed by atoms with Crippen molar-refractivity contribution in [3.05, 3.63) is 48.0 Å². The van der Waals surface area contributed by atoms with Crippen LogP contribution in [-0.2, 0) is 11.2 Å². The third-order valence-electron chi connectivity index (χ3n) is 4.16. The molecule has 4 nitrogen and oxygen atoms in total. The minimum atomic E-state index is 0.0627. The summed E-state index contributed by atoms with van der Waals surface area (Å²) in [6, 6.07) is 6.35. The Morgan fingerprint density at radius 3 is 3.19 bits per heavy atom. The van der Waals surface area contributed by atoms with E-state index < -0.39 is 0 Å². The average molecular weight is 284 g/mol. The molecule has 2 atom stereocenters. The molecular weight excluding hydrogens is 264 g/mol. The van der Waals surface area contributed by atoms with Crippen LogP contribution in [0.25, 0.3) is 0 Å². The number of ether oxygens (including phenoxy) is 1. The Labute approximate surface area is 124 Å². The molecule has 1 aromatic heterocycles. The zero-order valence-electron chi connectivity index (χ0n) is 12.2. The number of hydrogen-bond donors (Lipinski definition) is 0. The summed E-state index contributed by atoms with van der Waals surface area (Å²) in [7, 11) is 0. The zero-order valence-corrected chi connectivity index (χ0v) is 12.2. The molecule has 21 heavy (non-hydrogen) atoms. The Bertz CT molecular complexity index is 607. The van der Waals surface area contributed by atoms with Crippen LogP contribution in [0.5, 0.6) is 5.75 Å². The Kier molecular flexibility index (Phi) is 4.04. The van der Waals surface area contributed by atoms with Crippen molar-refractivity contribution >= 4 is 6.29 Å². The van der Waals surface area contributed by atoms with Gasteiger partial charge in [-0.2, -0.15) is 0 Å². The molecule has 0 bridgehead atoms. The summed E-state index contributed by atoms with van der Waals surface area (Å²) in [5, 5.41) is 0. The molecule has 0 aliphatic heterocycles. The summed E-state index contributed by atoms with van der Waals surface area (Å²) in [5.74, 6) is 0.944. The third kappa shape index (κ3) is 2.99. The highest BCUT2D eigenvalue weighted by molar-refractivity contribution is 5.64. The first kappa shape index (κ1) is 13.9. The van der Waals surface area contributed by atoms with Crippen molar-refractivity contribution in [3.63, 3.8) is 0 Å². The van der Waals surface area contributed by atoms with E-state index in [1.165, 1.54) is 11.1 Å². The summed E-state index contributed by atoms with van der Waals surface area (Å²) in [6.07, 6.45) is 9.66. The van der Waals surface area contributed by atoms with E-state index in [1.54, 1.807) is 12.5 Å². The number of nitrogens with zero attached hydrogens (tertiary/aromatic N) is 2. The van der Waals surface area contributed by atoms with Gasteiger partial charge in [0.15, 0.2) is 0 Å². The molecule has 0 saturated carbocycles. The van der Waals surface area contributed by atoms with Gasteiger partial charge in [0, 0.05) is 18.3 Å². The number of carbonyl (C=O) groups excluding carboxylic acids is 1. The molecule has 1 aromatic carbocycles. The predicted molar refractivity (Wildman–Crippen MR) is 80.6 cm³/mol. The lowest BCUT2D eigenvalue weighted by molar-refractivity contribution is -0.109. The van der Waals surface area contributed by atoms with Crippen LogP contribution in [0.4, 0.5) is 0 Å². The van der Waals surface area contributed by atoms with Crippen molar-refractivity contribution in [3.8, 4) is 5.75 Å². The second kappa shape index (κ2) is 6.12. The Morgan fingerprint density at radius 1 is 1.52 bits per heavy atom. The highest BCUT2D eigenvalue weighted by Crippen LogP contribution is 2.32. The van der Waals surface area contributed by atoms with E-state index in [4.69, 9.17) is 4.74 Å². The third-order valence-corrected chi connectivity index (χ3v) is 4.16. The van der Waals surface area contributed by atoms with E-state index in [0.29, 0.717) is 6.61 Å². The van der Waals surface area contributed by atoms with Crippen LogP contribution in [0.3, 0.4) is 0 Å².